The second-order valence-corrected chi connectivity index (χ2v) is 8.22. The molecule has 0 saturated carbocycles. The van der Waals surface area contributed by atoms with Crippen LogP contribution >= 0.6 is 0 Å². The molecule has 1 saturated heterocycles. The quantitative estimate of drug-likeness (QED) is 0.713. The van der Waals surface area contributed by atoms with Gasteiger partial charge in [0.05, 0.1) is 6.54 Å². The molecule has 1 aromatic heterocycles. The van der Waals surface area contributed by atoms with Gasteiger partial charge in [0.15, 0.2) is 0 Å². The van der Waals surface area contributed by atoms with E-state index in [1.165, 1.54) is 6.07 Å². The summed E-state index contributed by atoms with van der Waals surface area (Å²) in [6, 6.07) is 6.59. The van der Waals surface area contributed by atoms with Gasteiger partial charge in [-0.2, -0.15) is 4.98 Å². The Hall–Kier alpha value is -2.94. The Morgan fingerprint density at radius 3 is 2.65 bits per heavy atom. The molecule has 0 unspecified atom stereocenters. The SMILES string of the molecule is Cc1ccc(COc2cc3n(c(=O)n2)CCCN3CC(=O)N2CCN(C)CC2)cc1F. The van der Waals surface area contributed by atoms with Gasteiger partial charge in [0.1, 0.15) is 18.2 Å². The minimum absolute atomic E-state index is 0.0587. The Labute approximate surface area is 180 Å². The number of fused-ring (bicyclic) bond motifs is 1. The molecule has 3 heterocycles. The van der Waals surface area contributed by atoms with Gasteiger partial charge in [-0.3, -0.25) is 9.36 Å². The third-order valence-corrected chi connectivity index (χ3v) is 5.90. The van der Waals surface area contributed by atoms with Crippen LogP contribution < -0.4 is 15.3 Å². The molecule has 4 rings (SSSR count). The smallest absolute Gasteiger partial charge is 0.352 e. The number of hydrogen-bond acceptors (Lipinski definition) is 6. The molecule has 0 aliphatic carbocycles. The topological polar surface area (TPSA) is 70.9 Å². The third kappa shape index (κ3) is 4.87. The summed E-state index contributed by atoms with van der Waals surface area (Å²) in [7, 11) is 2.05. The van der Waals surface area contributed by atoms with Gasteiger partial charge in [-0.25, -0.2) is 9.18 Å². The zero-order valence-electron chi connectivity index (χ0n) is 18.0. The van der Waals surface area contributed by atoms with Crippen molar-refractivity contribution in [3.8, 4) is 5.88 Å². The number of benzene rings is 1. The molecule has 31 heavy (non-hydrogen) atoms. The normalized spacial score (nSPS) is 16.9. The van der Waals surface area contributed by atoms with Crippen molar-refractivity contribution in [3.63, 3.8) is 0 Å². The molecule has 2 aliphatic rings. The summed E-state index contributed by atoms with van der Waals surface area (Å²) < 4.78 is 21.1. The molecule has 8 nitrogen and oxygen atoms in total. The molecular formula is C22H28FN5O3. The lowest BCUT2D eigenvalue weighted by Crippen LogP contribution is -2.51. The average molecular weight is 429 g/mol. The Morgan fingerprint density at radius 1 is 1.13 bits per heavy atom. The second-order valence-electron chi connectivity index (χ2n) is 8.22. The van der Waals surface area contributed by atoms with Crippen molar-refractivity contribution in [1.82, 2.24) is 19.4 Å². The second kappa shape index (κ2) is 9.05. The van der Waals surface area contributed by atoms with Crippen molar-refractivity contribution in [1.29, 1.82) is 0 Å². The number of anilines is 1. The number of ether oxygens (including phenoxy) is 1. The van der Waals surface area contributed by atoms with Crippen molar-refractivity contribution in [2.75, 3.05) is 51.2 Å². The number of rotatable bonds is 5. The lowest BCUT2D eigenvalue weighted by Gasteiger charge is -2.36. The zero-order valence-corrected chi connectivity index (χ0v) is 18.0. The number of carbonyl (C=O) groups excluding carboxylic acids is 1. The number of aryl methyl sites for hydroxylation is 1. The van der Waals surface area contributed by atoms with Crippen LogP contribution in [0.25, 0.3) is 0 Å². The molecule has 166 valence electrons. The summed E-state index contributed by atoms with van der Waals surface area (Å²) in [5.41, 5.74) is 0.818. The molecular weight excluding hydrogens is 401 g/mol. The van der Waals surface area contributed by atoms with Crippen molar-refractivity contribution >= 4 is 11.7 Å². The number of halogens is 1. The van der Waals surface area contributed by atoms with Gasteiger partial charge in [-0.05, 0) is 37.6 Å². The molecule has 1 fully saturated rings. The molecule has 2 aromatic rings. The molecule has 1 aromatic carbocycles. The van der Waals surface area contributed by atoms with E-state index in [9.17, 15) is 14.0 Å². The van der Waals surface area contributed by atoms with Crippen molar-refractivity contribution in [2.45, 2.75) is 26.5 Å². The van der Waals surface area contributed by atoms with E-state index in [0.717, 1.165) is 19.5 Å². The molecule has 2 aliphatic heterocycles. The highest BCUT2D eigenvalue weighted by molar-refractivity contribution is 5.81. The highest BCUT2D eigenvalue weighted by Crippen LogP contribution is 2.23. The number of piperazine rings is 1. The van der Waals surface area contributed by atoms with Crippen LogP contribution in [0.1, 0.15) is 17.5 Å². The van der Waals surface area contributed by atoms with Crippen LogP contribution in [0, 0.1) is 12.7 Å². The first-order chi connectivity index (χ1) is 14.9. The molecule has 0 radical (unpaired) electrons. The van der Waals surface area contributed by atoms with E-state index in [0.29, 0.717) is 43.1 Å². The van der Waals surface area contributed by atoms with E-state index in [1.807, 2.05) is 9.80 Å². The highest BCUT2D eigenvalue weighted by atomic mass is 19.1. The van der Waals surface area contributed by atoms with Crippen LogP contribution in [0.4, 0.5) is 10.2 Å². The Morgan fingerprint density at radius 2 is 1.90 bits per heavy atom. The van der Waals surface area contributed by atoms with Crippen LogP contribution in [0.3, 0.4) is 0 Å². The minimum Gasteiger partial charge on any atom is -0.473 e. The number of carbonyl (C=O) groups is 1. The van der Waals surface area contributed by atoms with E-state index in [2.05, 4.69) is 16.9 Å². The fraction of sp³-hybridized carbons (Fsp3) is 0.500. The van der Waals surface area contributed by atoms with Crippen LogP contribution in [0.2, 0.25) is 0 Å². The van der Waals surface area contributed by atoms with Gasteiger partial charge in [0.25, 0.3) is 0 Å². The summed E-state index contributed by atoms with van der Waals surface area (Å²) in [6.45, 7) is 6.43. The standard InChI is InChI=1S/C22H28FN5O3/c1-16-4-5-17(12-18(16)23)15-31-19-13-20-27(6-3-7-28(20)22(30)24-19)14-21(29)26-10-8-25(2)9-11-26/h4-5,12-13H,3,6-11,14-15H2,1-2H3. The Bertz CT molecular complexity index is 1020. The first-order valence-electron chi connectivity index (χ1n) is 10.6. The summed E-state index contributed by atoms with van der Waals surface area (Å²) in [6.07, 6.45) is 0.771. The van der Waals surface area contributed by atoms with E-state index in [4.69, 9.17) is 4.74 Å². The first-order valence-corrected chi connectivity index (χ1v) is 10.6. The fourth-order valence-corrected chi connectivity index (χ4v) is 3.92. The Balaban J connectivity index is 1.48. The third-order valence-electron chi connectivity index (χ3n) is 5.90. The summed E-state index contributed by atoms with van der Waals surface area (Å²) >= 11 is 0. The highest BCUT2D eigenvalue weighted by Gasteiger charge is 2.25. The molecule has 0 atom stereocenters. The maximum atomic E-state index is 13.8. The summed E-state index contributed by atoms with van der Waals surface area (Å²) in [5, 5.41) is 0. The Kier molecular flexibility index (Phi) is 6.22. The molecule has 1 amide bonds. The number of likely N-dealkylation sites (N-methyl/N-ethyl adjacent to an activating group) is 1. The van der Waals surface area contributed by atoms with Crippen LogP contribution in [0.5, 0.6) is 5.88 Å². The van der Waals surface area contributed by atoms with E-state index >= 15 is 0 Å². The molecule has 0 N–H and O–H groups in total. The molecule has 0 bridgehead atoms. The van der Waals surface area contributed by atoms with Crippen LogP contribution in [-0.4, -0.2) is 71.6 Å². The van der Waals surface area contributed by atoms with E-state index in [1.54, 1.807) is 29.7 Å². The average Bonchev–Trinajstić information content (AvgIpc) is 2.75. The van der Waals surface area contributed by atoms with Gasteiger partial charge in [-0.1, -0.05) is 12.1 Å². The zero-order chi connectivity index (χ0) is 22.0. The first kappa shape index (κ1) is 21.3. The fourth-order valence-electron chi connectivity index (χ4n) is 3.92. The number of aromatic nitrogens is 2. The summed E-state index contributed by atoms with van der Waals surface area (Å²) in [5.74, 6) is 0.576. The van der Waals surface area contributed by atoms with Gasteiger partial charge in [0.2, 0.25) is 11.8 Å². The maximum Gasteiger partial charge on any atom is 0.352 e. The maximum absolute atomic E-state index is 13.8. The van der Waals surface area contributed by atoms with Gasteiger partial charge < -0.3 is 19.4 Å². The number of hydrogen-bond donors (Lipinski definition) is 0. The van der Waals surface area contributed by atoms with Gasteiger partial charge >= 0.3 is 5.69 Å². The molecule has 9 heteroatoms. The van der Waals surface area contributed by atoms with Crippen LogP contribution in [-0.2, 0) is 17.9 Å². The molecule has 0 spiro atoms. The number of amides is 1. The van der Waals surface area contributed by atoms with Gasteiger partial charge in [-0.15, -0.1) is 0 Å². The predicted octanol–water partition coefficient (Wildman–Crippen LogP) is 1.25. The van der Waals surface area contributed by atoms with E-state index < -0.39 is 5.69 Å². The monoisotopic (exact) mass is 429 g/mol. The van der Waals surface area contributed by atoms with Gasteiger partial charge in [0, 0.05) is 45.3 Å². The number of nitrogens with zero attached hydrogens (tertiary/aromatic N) is 5. The summed E-state index contributed by atoms with van der Waals surface area (Å²) in [4.78, 5) is 35.4. The minimum atomic E-state index is -0.403. The lowest BCUT2D eigenvalue weighted by molar-refractivity contribution is -0.131. The lowest BCUT2D eigenvalue weighted by atomic mass is 10.1. The van der Waals surface area contributed by atoms with E-state index in [-0.39, 0.29) is 30.8 Å². The van der Waals surface area contributed by atoms with Crippen molar-refractivity contribution in [2.24, 2.45) is 0 Å². The van der Waals surface area contributed by atoms with Crippen molar-refractivity contribution in [3.05, 3.63) is 51.7 Å². The predicted molar refractivity (Wildman–Crippen MR) is 115 cm³/mol. The van der Waals surface area contributed by atoms with Crippen molar-refractivity contribution < 1.29 is 13.9 Å². The van der Waals surface area contributed by atoms with Crippen LogP contribution in [0.15, 0.2) is 29.1 Å². The largest absolute Gasteiger partial charge is 0.473 e.